The van der Waals surface area contributed by atoms with E-state index in [0.717, 1.165) is 5.56 Å². The lowest BCUT2D eigenvalue weighted by atomic mass is 10.1. The zero-order valence-corrected chi connectivity index (χ0v) is 16.0. The number of ether oxygens (including phenoxy) is 1. The maximum absolute atomic E-state index is 12.7. The number of carbonyl (C=O) groups is 1. The van der Waals surface area contributed by atoms with Gasteiger partial charge in [0.1, 0.15) is 16.9 Å². The molecule has 1 N–H and O–H groups in total. The fourth-order valence-electron chi connectivity index (χ4n) is 3.00. The van der Waals surface area contributed by atoms with Crippen molar-refractivity contribution in [3.8, 4) is 5.75 Å². The van der Waals surface area contributed by atoms with Crippen LogP contribution in [0.15, 0.2) is 63.8 Å². The molecule has 0 atom stereocenters. The summed E-state index contributed by atoms with van der Waals surface area (Å²) in [6.07, 6.45) is 0. The van der Waals surface area contributed by atoms with Crippen LogP contribution in [0, 0.1) is 6.92 Å². The van der Waals surface area contributed by atoms with Crippen molar-refractivity contribution in [2.24, 2.45) is 0 Å². The van der Waals surface area contributed by atoms with Crippen molar-refractivity contribution < 1.29 is 13.9 Å². The van der Waals surface area contributed by atoms with Crippen molar-refractivity contribution in [3.05, 3.63) is 81.0 Å². The van der Waals surface area contributed by atoms with Crippen LogP contribution in [0.5, 0.6) is 5.75 Å². The highest BCUT2D eigenvalue weighted by Gasteiger charge is 2.12. The van der Waals surface area contributed by atoms with E-state index in [1.165, 1.54) is 0 Å². The summed E-state index contributed by atoms with van der Waals surface area (Å²) in [6, 6.07) is 15.1. The van der Waals surface area contributed by atoms with Crippen molar-refractivity contribution >= 4 is 45.1 Å². The van der Waals surface area contributed by atoms with Gasteiger partial charge in [0.15, 0.2) is 0 Å². The summed E-state index contributed by atoms with van der Waals surface area (Å²) in [7, 11) is 1.57. The van der Waals surface area contributed by atoms with Crippen LogP contribution < -0.4 is 15.5 Å². The predicted octanol–water partition coefficient (Wildman–Crippen LogP) is 5.17. The molecule has 5 nitrogen and oxygen atoms in total. The molecule has 4 rings (SSSR count). The third-order valence-electron chi connectivity index (χ3n) is 4.56. The van der Waals surface area contributed by atoms with E-state index in [1.54, 1.807) is 61.7 Å². The lowest BCUT2D eigenvalue weighted by Gasteiger charge is -2.08. The monoisotopic (exact) mass is 393 g/mol. The number of benzene rings is 3. The molecule has 0 saturated carbocycles. The zero-order chi connectivity index (χ0) is 19.8. The summed E-state index contributed by atoms with van der Waals surface area (Å²) >= 11 is 6.13. The van der Waals surface area contributed by atoms with Crippen LogP contribution in [0.1, 0.15) is 15.9 Å². The number of aryl methyl sites for hydroxylation is 1. The first-order valence-corrected chi connectivity index (χ1v) is 8.96. The summed E-state index contributed by atoms with van der Waals surface area (Å²) in [5.41, 5.74) is 2.53. The van der Waals surface area contributed by atoms with Crippen LogP contribution in [0.3, 0.4) is 0 Å². The normalized spacial score (nSPS) is 11.0. The molecule has 140 valence electrons. The van der Waals surface area contributed by atoms with Crippen LogP contribution in [0.2, 0.25) is 5.02 Å². The van der Waals surface area contributed by atoms with E-state index in [1.807, 2.05) is 6.92 Å². The van der Waals surface area contributed by atoms with E-state index in [2.05, 4.69) is 5.32 Å². The maximum atomic E-state index is 12.7. The molecule has 28 heavy (non-hydrogen) atoms. The molecule has 3 aromatic carbocycles. The Bertz CT molecular complexity index is 1280. The number of nitrogens with one attached hydrogen (secondary N) is 1. The van der Waals surface area contributed by atoms with Crippen LogP contribution in [0.4, 0.5) is 5.69 Å². The third-order valence-corrected chi connectivity index (χ3v) is 4.97. The number of rotatable bonds is 3. The first-order valence-electron chi connectivity index (χ1n) is 8.58. The quantitative estimate of drug-likeness (QED) is 0.487. The topological polar surface area (TPSA) is 68.5 Å². The molecule has 1 aromatic heterocycles. The molecule has 0 spiro atoms. The second-order valence-corrected chi connectivity index (χ2v) is 6.83. The second-order valence-electron chi connectivity index (χ2n) is 6.42. The molecule has 0 unspecified atom stereocenters. The minimum absolute atomic E-state index is 0.161. The van der Waals surface area contributed by atoms with Crippen molar-refractivity contribution in [2.75, 3.05) is 12.4 Å². The number of hydrogen-bond donors (Lipinski definition) is 1. The Hall–Kier alpha value is -3.31. The second kappa shape index (κ2) is 7.02. The van der Waals surface area contributed by atoms with E-state index in [-0.39, 0.29) is 11.3 Å². The SMILES string of the molecule is COc1ccc(C(=O)Nc2ccc3c(=O)c4cc(Cl)c(C)cc4oc3c2)cc1. The Balaban J connectivity index is 1.72. The molecule has 0 aliphatic heterocycles. The van der Waals surface area contributed by atoms with E-state index in [9.17, 15) is 9.59 Å². The van der Waals surface area contributed by atoms with Gasteiger partial charge in [0.25, 0.3) is 5.91 Å². The van der Waals surface area contributed by atoms with Gasteiger partial charge in [0.05, 0.1) is 17.9 Å². The fourth-order valence-corrected chi connectivity index (χ4v) is 3.16. The number of anilines is 1. The molecule has 0 aliphatic carbocycles. The van der Waals surface area contributed by atoms with Crippen molar-refractivity contribution in [3.63, 3.8) is 0 Å². The predicted molar refractivity (Wildman–Crippen MR) is 111 cm³/mol. The number of hydrogen-bond acceptors (Lipinski definition) is 4. The van der Waals surface area contributed by atoms with Crippen LogP contribution in [0.25, 0.3) is 21.9 Å². The molecule has 0 bridgehead atoms. The highest BCUT2D eigenvalue weighted by atomic mass is 35.5. The minimum Gasteiger partial charge on any atom is -0.497 e. The van der Waals surface area contributed by atoms with Crippen molar-refractivity contribution in [2.45, 2.75) is 6.92 Å². The number of carbonyl (C=O) groups excluding carboxylic acids is 1. The molecule has 0 radical (unpaired) electrons. The van der Waals surface area contributed by atoms with E-state index < -0.39 is 0 Å². The summed E-state index contributed by atoms with van der Waals surface area (Å²) in [5, 5.41) is 4.18. The molecule has 1 amide bonds. The summed E-state index contributed by atoms with van der Waals surface area (Å²) in [4.78, 5) is 25.2. The van der Waals surface area contributed by atoms with Gasteiger partial charge in [-0.15, -0.1) is 0 Å². The average molecular weight is 394 g/mol. The Kier molecular flexibility index (Phi) is 4.53. The molecular weight excluding hydrogens is 378 g/mol. The van der Waals surface area contributed by atoms with Crippen molar-refractivity contribution in [1.82, 2.24) is 0 Å². The standard InChI is InChI=1S/C22H16ClNO4/c1-12-9-19-17(11-18(12)23)21(25)16-8-5-14(10-20(16)28-19)24-22(26)13-3-6-15(27-2)7-4-13/h3-11H,1-2H3,(H,24,26). The molecule has 0 aliphatic rings. The Morgan fingerprint density at radius 2 is 1.71 bits per heavy atom. The first kappa shape index (κ1) is 18.1. The van der Waals surface area contributed by atoms with E-state index in [0.29, 0.717) is 44.0 Å². The number of halogens is 1. The maximum Gasteiger partial charge on any atom is 0.255 e. The highest BCUT2D eigenvalue weighted by Crippen LogP contribution is 2.26. The smallest absolute Gasteiger partial charge is 0.255 e. The largest absolute Gasteiger partial charge is 0.497 e. The van der Waals surface area contributed by atoms with Gasteiger partial charge in [0.2, 0.25) is 5.43 Å². The van der Waals surface area contributed by atoms with Gasteiger partial charge in [-0.2, -0.15) is 0 Å². The van der Waals surface area contributed by atoms with Gasteiger partial charge in [-0.3, -0.25) is 9.59 Å². The average Bonchev–Trinajstić information content (AvgIpc) is 2.70. The Morgan fingerprint density at radius 1 is 1.00 bits per heavy atom. The lowest BCUT2D eigenvalue weighted by molar-refractivity contribution is 0.102. The molecule has 0 fully saturated rings. The number of methoxy groups -OCH3 is 1. The van der Waals surface area contributed by atoms with Crippen LogP contribution in [-0.2, 0) is 0 Å². The minimum atomic E-state index is -0.271. The van der Waals surface area contributed by atoms with Gasteiger partial charge >= 0.3 is 0 Å². The van der Waals surface area contributed by atoms with E-state index in [4.69, 9.17) is 20.8 Å². The number of amides is 1. The number of fused-ring (bicyclic) bond motifs is 2. The first-order chi connectivity index (χ1) is 13.5. The summed E-state index contributed by atoms with van der Waals surface area (Å²) in [5.74, 6) is 0.402. The van der Waals surface area contributed by atoms with Crippen LogP contribution >= 0.6 is 11.6 Å². The fraction of sp³-hybridized carbons (Fsp3) is 0.0909. The molecule has 0 saturated heterocycles. The highest BCUT2D eigenvalue weighted by molar-refractivity contribution is 6.32. The van der Waals surface area contributed by atoms with Gasteiger partial charge < -0.3 is 14.5 Å². The van der Waals surface area contributed by atoms with Gasteiger partial charge in [0, 0.05) is 22.3 Å². The lowest BCUT2D eigenvalue weighted by Crippen LogP contribution is -2.12. The van der Waals surface area contributed by atoms with Gasteiger partial charge in [-0.1, -0.05) is 11.6 Å². The molecule has 1 heterocycles. The Morgan fingerprint density at radius 3 is 2.43 bits per heavy atom. The third kappa shape index (κ3) is 3.21. The summed E-state index contributed by atoms with van der Waals surface area (Å²) < 4.78 is 11.0. The van der Waals surface area contributed by atoms with Crippen LogP contribution in [-0.4, -0.2) is 13.0 Å². The molecule has 6 heteroatoms. The van der Waals surface area contributed by atoms with Gasteiger partial charge in [-0.25, -0.2) is 0 Å². The zero-order valence-electron chi connectivity index (χ0n) is 15.2. The van der Waals surface area contributed by atoms with Crippen molar-refractivity contribution in [1.29, 1.82) is 0 Å². The summed E-state index contributed by atoms with van der Waals surface area (Å²) in [6.45, 7) is 1.84. The van der Waals surface area contributed by atoms with Gasteiger partial charge in [-0.05, 0) is 61.0 Å². The Labute approximate surface area is 165 Å². The van der Waals surface area contributed by atoms with E-state index >= 15 is 0 Å². The molecular formula is C22H16ClNO4. The molecule has 4 aromatic rings.